The highest BCUT2D eigenvalue weighted by Crippen LogP contribution is 2.22. The predicted octanol–water partition coefficient (Wildman–Crippen LogP) is -0.212. The normalized spacial score (nSPS) is 32.9. The first-order valence-electron chi connectivity index (χ1n) is 8.98. The maximum absolute atomic E-state index is 12.4. The van der Waals surface area contributed by atoms with E-state index in [1.54, 1.807) is 37.5 Å². The molecule has 2 saturated heterocycles. The summed E-state index contributed by atoms with van der Waals surface area (Å²) in [7, 11) is -6.31. The standard InChI is InChI=1S/C16H28N2O6S3/c1-11-13(3)26(21,22)7-5-17(11)15(19)9-25-10-16(20)18-6-8-27(23,24)14(4)12(18)2/h11-14H,5-10H2,1-4H3. The molecule has 0 aromatic heterocycles. The van der Waals surface area contributed by atoms with Gasteiger partial charge < -0.3 is 9.80 Å². The lowest BCUT2D eigenvalue weighted by Crippen LogP contribution is -2.55. The van der Waals surface area contributed by atoms with Gasteiger partial charge >= 0.3 is 0 Å². The van der Waals surface area contributed by atoms with Crippen LogP contribution in [0.2, 0.25) is 0 Å². The van der Waals surface area contributed by atoms with Gasteiger partial charge in [-0.05, 0) is 27.7 Å². The van der Waals surface area contributed by atoms with Gasteiger partial charge in [0, 0.05) is 25.2 Å². The number of thioether (sulfide) groups is 1. The zero-order valence-electron chi connectivity index (χ0n) is 16.1. The lowest BCUT2D eigenvalue weighted by atomic mass is 10.2. The molecule has 156 valence electrons. The number of sulfone groups is 2. The van der Waals surface area contributed by atoms with Gasteiger partial charge in [0.2, 0.25) is 11.8 Å². The van der Waals surface area contributed by atoms with Gasteiger partial charge in [-0.15, -0.1) is 11.8 Å². The predicted molar refractivity (Wildman–Crippen MR) is 106 cm³/mol. The Bertz CT molecular complexity index is 729. The zero-order chi connectivity index (χ0) is 20.6. The fraction of sp³-hybridized carbons (Fsp3) is 0.875. The van der Waals surface area contributed by atoms with Crippen molar-refractivity contribution in [3.8, 4) is 0 Å². The lowest BCUT2D eigenvalue weighted by Gasteiger charge is -2.38. The van der Waals surface area contributed by atoms with Crippen LogP contribution in [-0.4, -0.2) is 97.1 Å². The van der Waals surface area contributed by atoms with Crippen LogP contribution in [0.5, 0.6) is 0 Å². The minimum atomic E-state index is -3.16. The molecular weight excluding hydrogens is 412 g/mol. The van der Waals surface area contributed by atoms with E-state index in [-0.39, 0.29) is 60.0 Å². The van der Waals surface area contributed by atoms with Gasteiger partial charge in [-0.3, -0.25) is 9.59 Å². The van der Waals surface area contributed by atoms with E-state index in [0.717, 1.165) is 0 Å². The van der Waals surface area contributed by atoms with Crippen molar-refractivity contribution in [1.29, 1.82) is 0 Å². The van der Waals surface area contributed by atoms with E-state index < -0.39 is 30.2 Å². The Morgan fingerprint density at radius 1 is 0.778 bits per heavy atom. The molecule has 0 N–H and O–H groups in total. The highest BCUT2D eigenvalue weighted by molar-refractivity contribution is 8.00. The van der Waals surface area contributed by atoms with Gasteiger partial charge in [0.15, 0.2) is 19.7 Å². The Balaban J connectivity index is 1.86. The van der Waals surface area contributed by atoms with E-state index in [1.165, 1.54) is 11.8 Å². The molecule has 0 aromatic rings. The Morgan fingerprint density at radius 3 is 1.44 bits per heavy atom. The van der Waals surface area contributed by atoms with Gasteiger partial charge in [0.05, 0.1) is 33.5 Å². The molecule has 0 saturated carbocycles. The summed E-state index contributed by atoms with van der Waals surface area (Å²) < 4.78 is 47.6. The fourth-order valence-corrected chi connectivity index (χ4v) is 7.36. The molecule has 27 heavy (non-hydrogen) atoms. The number of carbonyl (C=O) groups excluding carboxylic acids is 2. The third-order valence-corrected chi connectivity index (χ3v) is 11.3. The van der Waals surface area contributed by atoms with Crippen molar-refractivity contribution < 1.29 is 26.4 Å². The topological polar surface area (TPSA) is 109 Å². The van der Waals surface area contributed by atoms with Gasteiger partial charge in [-0.1, -0.05) is 0 Å². The van der Waals surface area contributed by atoms with Crippen LogP contribution in [-0.2, 0) is 29.3 Å². The molecule has 2 rings (SSSR count). The Morgan fingerprint density at radius 2 is 1.11 bits per heavy atom. The van der Waals surface area contributed by atoms with Gasteiger partial charge in [-0.25, -0.2) is 16.8 Å². The molecule has 2 heterocycles. The maximum Gasteiger partial charge on any atom is 0.232 e. The van der Waals surface area contributed by atoms with Crippen molar-refractivity contribution in [1.82, 2.24) is 9.80 Å². The summed E-state index contributed by atoms with van der Waals surface area (Å²) in [5, 5.41) is -1.20. The van der Waals surface area contributed by atoms with Crippen LogP contribution >= 0.6 is 11.8 Å². The smallest absolute Gasteiger partial charge is 0.232 e. The summed E-state index contributed by atoms with van der Waals surface area (Å²) in [6.45, 7) is 7.05. The van der Waals surface area contributed by atoms with Crippen LogP contribution in [0.3, 0.4) is 0 Å². The van der Waals surface area contributed by atoms with E-state index >= 15 is 0 Å². The third kappa shape index (κ3) is 4.79. The van der Waals surface area contributed by atoms with Crippen molar-refractivity contribution in [2.75, 3.05) is 36.1 Å². The van der Waals surface area contributed by atoms with Crippen LogP contribution < -0.4 is 0 Å². The van der Waals surface area contributed by atoms with Crippen molar-refractivity contribution in [3.05, 3.63) is 0 Å². The van der Waals surface area contributed by atoms with Crippen LogP contribution in [0.15, 0.2) is 0 Å². The fourth-order valence-electron chi connectivity index (χ4n) is 3.43. The molecule has 0 bridgehead atoms. The number of rotatable bonds is 4. The summed E-state index contributed by atoms with van der Waals surface area (Å²) in [5.74, 6) is -0.233. The van der Waals surface area contributed by atoms with Gasteiger partial charge in [0.25, 0.3) is 0 Å². The first-order chi connectivity index (χ1) is 12.4. The SMILES string of the molecule is CC1C(C)S(=O)(=O)CCN1C(=O)CSCC(=O)N1CCS(=O)(=O)C(C)C1C. The van der Waals surface area contributed by atoms with Crippen molar-refractivity contribution >= 4 is 43.3 Å². The Labute approximate surface area is 165 Å². The molecule has 4 unspecified atom stereocenters. The van der Waals surface area contributed by atoms with E-state index in [2.05, 4.69) is 0 Å². The van der Waals surface area contributed by atoms with Crippen molar-refractivity contribution in [2.24, 2.45) is 0 Å². The van der Waals surface area contributed by atoms with Crippen LogP contribution in [0.1, 0.15) is 27.7 Å². The maximum atomic E-state index is 12.4. The second-order valence-electron chi connectivity index (χ2n) is 7.29. The largest absolute Gasteiger partial charge is 0.337 e. The van der Waals surface area contributed by atoms with Crippen molar-refractivity contribution in [2.45, 2.75) is 50.3 Å². The second kappa shape index (κ2) is 8.28. The number of amides is 2. The summed E-state index contributed by atoms with van der Waals surface area (Å²) >= 11 is 1.18. The van der Waals surface area contributed by atoms with Crippen LogP contribution in [0.25, 0.3) is 0 Å². The lowest BCUT2D eigenvalue weighted by molar-refractivity contribution is -0.130. The summed E-state index contributed by atoms with van der Waals surface area (Å²) in [5.41, 5.74) is 0. The highest BCUT2D eigenvalue weighted by atomic mass is 32.2. The Hall–Kier alpha value is -0.810. The summed E-state index contributed by atoms with van der Waals surface area (Å²) in [6.07, 6.45) is 0. The van der Waals surface area contributed by atoms with E-state index in [0.29, 0.717) is 0 Å². The number of nitrogens with zero attached hydrogens (tertiary/aromatic N) is 2. The minimum absolute atomic E-state index is 0.0362. The molecule has 4 atom stereocenters. The highest BCUT2D eigenvalue weighted by Gasteiger charge is 2.39. The third-order valence-electron chi connectivity index (χ3n) is 5.80. The quantitative estimate of drug-likeness (QED) is 0.595. The molecule has 2 fully saturated rings. The molecular formula is C16H28N2O6S3. The van der Waals surface area contributed by atoms with Gasteiger partial charge in [-0.2, -0.15) is 0 Å². The average molecular weight is 441 g/mol. The second-order valence-corrected chi connectivity index (χ2v) is 13.2. The van der Waals surface area contributed by atoms with Crippen LogP contribution in [0.4, 0.5) is 0 Å². The molecule has 11 heteroatoms. The van der Waals surface area contributed by atoms with Crippen molar-refractivity contribution in [3.63, 3.8) is 0 Å². The molecule has 0 radical (unpaired) electrons. The van der Waals surface area contributed by atoms with E-state index in [9.17, 15) is 26.4 Å². The van der Waals surface area contributed by atoms with Crippen LogP contribution in [0, 0.1) is 0 Å². The summed E-state index contributed by atoms with van der Waals surface area (Å²) in [6, 6.07) is -0.776. The summed E-state index contributed by atoms with van der Waals surface area (Å²) in [4.78, 5) is 28.0. The zero-order valence-corrected chi connectivity index (χ0v) is 18.6. The van der Waals surface area contributed by atoms with E-state index in [1.807, 2.05) is 0 Å². The molecule has 8 nitrogen and oxygen atoms in total. The molecule has 0 aromatic carbocycles. The molecule has 2 amide bonds. The van der Waals surface area contributed by atoms with Gasteiger partial charge in [0.1, 0.15) is 0 Å². The Kier molecular flexibility index (Phi) is 6.89. The molecule has 0 aliphatic carbocycles. The number of hydrogen-bond acceptors (Lipinski definition) is 7. The molecule has 0 spiro atoms. The molecule has 2 aliphatic rings. The number of carbonyl (C=O) groups is 2. The monoisotopic (exact) mass is 440 g/mol. The molecule has 2 aliphatic heterocycles. The average Bonchev–Trinajstić information content (AvgIpc) is 2.57. The van der Waals surface area contributed by atoms with E-state index in [4.69, 9.17) is 0 Å². The minimum Gasteiger partial charge on any atom is -0.337 e. The first-order valence-corrected chi connectivity index (χ1v) is 13.6. The number of hydrogen-bond donors (Lipinski definition) is 0. The first kappa shape index (κ1) is 22.5.